The summed E-state index contributed by atoms with van der Waals surface area (Å²) in [5.74, 6) is -0.476. The van der Waals surface area contributed by atoms with Crippen molar-refractivity contribution in [2.75, 3.05) is 5.32 Å². The monoisotopic (exact) mass is 581 g/mol. The fraction of sp³-hybridized carbons (Fsp3) is 0.125. The van der Waals surface area contributed by atoms with Gasteiger partial charge in [-0.2, -0.15) is 0 Å². The molecule has 0 spiro atoms. The second-order valence-corrected chi connectivity index (χ2v) is 10.2. The van der Waals surface area contributed by atoms with Gasteiger partial charge in [-0.3, -0.25) is 4.79 Å². The Hall–Kier alpha value is -0.180. The Morgan fingerprint density at radius 1 is 1.04 bits per heavy atom. The van der Waals surface area contributed by atoms with Crippen molar-refractivity contribution in [1.29, 1.82) is 0 Å². The Kier molecular flexibility index (Phi) is 8.80. The maximum absolute atomic E-state index is 12.5. The van der Waals surface area contributed by atoms with Crippen molar-refractivity contribution in [3.63, 3.8) is 0 Å². The third-order valence-electron chi connectivity index (χ3n) is 3.21. The second-order valence-electron chi connectivity index (χ2n) is 5.30. The number of amides is 1. The molecule has 0 aliphatic heterocycles. The quantitative estimate of drug-likeness (QED) is 0.210. The van der Waals surface area contributed by atoms with Crippen LogP contribution in [0.25, 0.3) is 0 Å². The highest BCUT2D eigenvalue weighted by atomic mass is 79.9. The molecule has 2 aromatic rings. The topological polar surface area (TPSA) is 53.2 Å². The highest BCUT2D eigenvalue weighted by molar-refractivity contribution is 9.10. The zero-order chi connectivity index (χ0) is 21.1. The molecule has 0 unspecified atom stereocenters. The lowest BCUT2D eigenvalue weighted by Gasteiger charge is -2.28. The van der Waals surface area contributed by atoms with E-state index in [1.54, 1.807) is 24.3 Å². The van der Waals surface area contributed by atoms with Gasteiger partial charge in [-0.1, -0.05) is 91.6 Å². The lowest BCUT2D eigenvalue weighted by molar-refractivity contribution is 0.0934. The summed E-state index contributed by atoms with van der Waals surface area (Å²) in [5.41, 5.74) is 0.671. The fourth-order valence-electron chi connectivity index (χ4n) is 1.99. The molecule has 0 aliphatic carbocycles. The van der Waals surface area contributed by atoms with Crippen LogP contribution in [0, 0.1) is 0 Å². The van der Waals surface area contributed by atoms with Crippen LogP contribution in [0.3, 0.4) is 0 Å². The Balaban J connectivity index is 2.14. The molecule has 0 heterocycles. The molecule has 0 bridgehead atoms. The molecule has 0 saturated heterocycles. The Labute approximate surface area is 205 Å². The average molecular weight is 585 g/mol. The van der Waals surface area contributed by atoms with E-state index < -0.39 is 15.9 Å². The summed E-state index contributed by atoms with van der Waals surface area (Å²) in [6, 6.07) is 9.68. The van der Waals surface area contributed by atoms with Gasteiger partial charge in [0.2, 0.25) is 3.79 Å². The van der Waals surface area contributed by atoms with Crippen LogP contribution in [0.5, 0.6) is 0 Å². The van der Waals surface area contributed by atoms with Crippen LogP contribution in [-0.4, -0.2) is 21.0 Å². The minimum atomic E-state index is -1.92. The normalized spacial score (nSPS) is 12.2. The number of rotatable bonds is 4. The van der Waals surface area contributed by atoms with E-state index in [-0.39, 0.29) is 15.2 Å². The first-order valence-corrected chi connectivity index (χ1v) is 10.8. The highest BCUT2D eigenvalue weighted by Crippen LogP contribution is 2.34. The van der Waals surface area contributed by atoms with Crippen LogP contribution in [0.15, 0.2) is 40.9 Å². The third kappa shape index (κ3) is 6.96. The molecule has 0 saturated carbocycles. The number of carbonyl (C=O) groups is 1. The van der Waals surface area contributed by atoms with Gasteiger partial charge in [0.05, 0.1) is 15.7 Å². The summed E-state index contributed by atoms with van der Waals surface area (Å²) in [4.78, 5) is 12.5. The summed E-state index contributed by atoms with van der Waals surface area (Å²) in [6.07, 6.45) is -1.16. The number of nitrogens with one attached hydrogen (secondary N) is 3. The molecule has 2 rings (SSSR count). The predicted molar refractivity (Wildman–Crippen MR) is 127 cm³/mol. The van der Waals surface area contributed by atoms with Crippen molar-refractivity contribution in [2.45, 2.75) is 9.96 Å². The van der Waals surface area contributed by atoms with Gasteiger partial charge in [0.1, 0.15) is 6.17 Å². The van der Waals surface area contributed by atoms with E-state index in [1.807, 2.05) is 0 Å². The number of hydrogen-bond acceptors (Lipinski definition) is 2. The SMILES string of the molecule is O=C(N[C@@H](NC(=S)Nc1c(Cl)cc(Cl)cc1Cl)C(Cl)(Cl)Cl)c1cccc(Br)c1. The van der Waals surface area contributed by atoms with Gasteiger partial charge in [-0.15, -0.1) is 0 Å². The predicted octanol–water partition coefficient (Wildman–Crippen LogP) is 6.82. The van der Waals surface area contributed by atoms with Gasteiger partial charge in [0.15, 0.2) is 5.11 Å². The van der Waals surface area contributed by atoms with E-state index in [1.165, 1.54) is 12.1 Å². The lowest BCUT2D eigenvalue weighted by Crippen LogP contribution is -2.56. The first-order chi connectivity index (χ1) is 13.0. The van der Waals surface area contributed by atoms with Crippen LogP contribution < -0.4 is 16.0 Å². The number of carbonyl (C=O) groups excluding carboxylic acids is 1. The van der Waals surface area contributed by atoms with Crippen LogP contribution in [0.1, 0.15) is 10.4 Å². The summed E-state index contributed by atoms with van der Waals surface area (Å²) >= 11 is 44.6. The Morgan fingerprint density at radius 3 is 2.18 bits per heavy atom. The third-order valence-corrected chi connectivity index (χ3v) is 5.39. The van der Waals surface area contributed by atoms with Gasteiger partial charge in [0, 0.05) is 15.1 Å². The molecule has 150 valence electrons. The van der Waals surface area contributed by atoms with Crippen LogP contribution in [-0.2, 0) is 0 Å². The first-order valence-electron chi connectivity index (χ1n) is 7.32. The number of halogens is 7. The standard InChI is InChI=1S/C16H10BrCl6N3OS/c17-8-3-1-2-7(4-8)13(27)25-14(16(21,22)23)26-15(28)24-12-10(19)5-9(18)6-11(12)20/h1-6,14H,(H,25,27)(H2,24,26,28)/t14-/m0/s1. The molecule has 1 amide bonds. The van der Waals surface area contributed by atoms with E-state index in [0.717, 1.165) is 4.47 Å². The van der Waals surface area contributed by atoms with E-state index in [2.05, 4.69) is 31.9 Å². The van der Waals surface area contributed by atoms with Gasteiger partial charge >= 0.3 is 0 Å². The van der Waals surface area contributed by atoms with Gasteiger partial charge < -0.3 is 16.0 Å². The number of thiocarbonyl (C=S) groups is 1. The van der Waals surface area contributed by atoms with E-state index in [9.17, 15) is 4.79 Å². The van der Waals surface area contributed by atoms with Crippen LogP contribution >= 0.6 is 97.8 Å². The van der Waals surface area contributed by atoms with Crippen molar-refractivity contribution in [3.8, 4) is 0 Å². The Bertz CT molecular complexity index is 885. The summed E-state index contributed by atoms with van der Waals surface area (Å²) in [6.45, 7) is 0. The van der Waals surface area contributed by atoms with Crippen molar-refractivity contribution < 1.29 is 4.79 Å². The minimum Gasteiger partial charge on any atom is -0.339 e. The van der Waals surface area contributed by atoms with Crippen molar-refractivity contribution in [2.24, 2.45) is 0 Å². The number of benzene rings is 2. The van der Waals surface area contributed by atoms with Crippen LogP contribution in [0.4, 0.5) is 5.69 Å². The molecule has 2 aromatic carbocycles. The highest BCUT2D eigenvalue weighted by Gasteiger charge is 2.35. The maximum atomic E-state index is 12.5. The maximum Gasteiger partial charge on any atom is 0.253 e. The fourth-order valence-corrected chi connectivity index (χ4v) is 3.84. The molecule has 28 heavy (non-hydrogen) atoms. The smallest absolute Gasteiger partial charge is 0.253 e. The Morgan fingerprint density at radius 2 is 1.64 bits per heavy atom. The molecule has 4 nitrogen and oxygen atoms in total. The van der Waals surface area contributed by atoms with Crippen LogP contribution in [0.2, 0.25) is 15.1 Å². The number of alkyl halides is 3. The molecular formula is C16H10BrCl6N3OS. The minimum absolute atomic E-state index is 0.0111. The van der Waals surface area contributed by atoms with E-state index in [0.29, 0.717) is 16.3 Å². The molecule has 12 heteroatoms. The van der Waals surface area contributed by atoms with Crippen molar-refractivity contribution in [3.05, 3.63) is 61.5 Å². The van der Waals surface area contributed by atoms with Gasteiger partial charge in [0.25, 0.3) is 5.91 Å². The van der Waals surface area contributed by atoms with Crippen molar-refractivity contribution in [1.82, 2.24) is 10.6 Å². The molecule has 0 aliphatic rings. The van der Waals surface area contributed by atoms with Gasteiger partial charge in [-0.25, -0.2) is 0 Å². The number of hydrogen-bond donors (Lipinski definition) is 3. The van der Waals surface area contributed by atoms with Gasteiger partial charge in [-0.05, 0) is 42.5 Å². The molecule has 0 fully saturated rings. The summed E-state index contributed by atoms with van der Waals surface area (Å²) in [5, 5.41) is 8.94. The second kappa shape index (κ2) is 10.2. The molecule has 0 aromatic heterocycles. The summed E-state index contributed by atoms with van der Waals surface area (Å²) in [7, 11) is 0. The zero-order valence-corrected chi connectivity index (χ0v) is 20.4. The molecule has 3 N–H and O–H groups in total. The first kappa shape index (κ1) is 24.1. The largest absolute Gasteiger partial charge is 0.339 e. The molecule has 1 atom stereocenters. The number of anilines is 1. The zero-order valence-electron chi connectivity index (χ0n) is 13.5. The van der Waals surface area contributed by atoms with E-state index >= 15 is 0 Å². The summed E-state index contributed by atoms with van der Waals surface area (Å²) < 4.78 is -1.19. The average Bonchev–Trinajstić information content (AvgIpc) is 2.56. The molecule has 0 radical (unpaired) electrons. The molecular weight excluding hydrogens is 575 g/mol. The lowest BCUT2D eigenvalue weighted by atomic mass is 10.2. The van der Waals surface area contributed by atoms with Crippen molar-refractivity contribution >= 4 is 114 Å². The van der Waals surface area contributed by atoms with E-state index in [4.69, 9.17) is 81.8 Å².